The first kappa shape index (κ1) is 14.6. The number of fused-ring (bicyclic) bond motifs is 2. The molecule has 3 fully saturated rings. The van der Waals surface area contributed by atoms with Crippen LogP contribution in [0.25, 0.3) is 0 Å². The van der Waals surface area contributed by atoms with Crippen molar-refractivity contribution in [1.29, 1.82) is 0 Å². The summed E-state index contributed by atoms with van der Waals surface area (Å²) in [6, 6.07) is -0.149. The van der Waals surface area contributed by atoms with Crippen LogP contribution in [-0.4, -0.2) is 64.6 Å². The van der Waals surface area contributed by atoms with Gasteiger partial charge < -0.3 is 0 Å². The fourth-order valence-corrected chi connectivity index (χ4v) is 4.25. The maximum absolute atomic E-state index is 14.0. The number of piperidine rings is 1. The lowest BCUT2D eigenvalue weighted by atomic mass is 9.83. The zero-order chi connectivity index (χ0) is 14.9. The first-order valence-corrected chi connectivity index (χ1v) is 7.21. The van der Waals surface area contributed by atoms with Gasteiger partial charge in [0.15, 0.2) is 0 Å². The SMILES string of the molecule is CN1CC(C23CC(CN2N)C(F)(F)C3)N(N)CC1(C)C. The Morgan fingerprint density at radius 2 is 1.80 bits per heavy atom. The molecule has 0 radical (unpaired) electrons. The van der Waals surface area contributed by atoms with Crippen LogP contribution in [0.4, 0.5) is 8.78 Å². The number of alkyl halides is 2. The van der Waals surface area contributed by atoms with Gasteiger partial charge in [-0.15, -0.1) is 0 Å². The van der Waals surface area contributed by atoms with Crippen LogP contribution >= 0.6 is 0 Å². The normalized spacial score (nSPS) is 45.1. The summed E-state index contributed by atoms with van der Waals surface area (Å²) in [4.78, 5) is 2.20. The number of rotatable bonds is 1. The van der Waals surface area contributed by atoms with Gasteiger partial charge in [-0.25, -0.2) is 18.8 Å². The maximum Gasteiger partial charge on any atom is 0.254 e. The Kier molecular flexibility index (Phi) is 2.99. The standard InChI is InChI=1S/C13H25F2N5/c1-11(2)8-19(16)10(6-18(11)3)12-4-9(5-20(12)17)13(14,15)7-12/h9-10H,4-8,16-17H2,1-3H3. The largest absolute Gasteiger partial charge is 0.298 e. The fourth-order valence-electron chi connectivity index (χ4n) is 4.25. The molecule has 0 aromatic heterocycles. The summed E-state index contributed by atoms with van der Waals surface area (Å²) in [5, 5.41) is 3.37. The molecule has 0 spiro atoms. The summed E-state index contributed by atoms with van der Waals surface area (Å²) in [5.74, 6) is 9.05. The minimum Gasteiger partial charge on any atom is -0.298 e. The van der Waals surface area contributed by atoms with E-state index in [2.05, 4.69) is 18.7 Å². The molecule has 5 nitrogen and oxygen atoms in total. The van der Waals surface area contributed by atoms with E-state index in [1.807, 2.05) is 7.05 Å². The molecule has 3 unspecified atom stereocenters. The van der Waals surface area contributed by atoms with E-state index >= 15 is 0 Å². The molecule has 3 aliphatic rings. The van der Waals surface area contributed by atoms with Gasteiger partial charge in [-0.3, -0.25) is 16.6 Å². The molecule has 3 rings (SSSR count). The Bertz CT molecular complexity index is 416. The van der Waals surface area contributed by atoms with Crippen molar-refractivity contribution in [3.63, 3.8) is 0 Å². The van der Waals surface area contributed by atoms with Gasteiger partial charge >= 0.3 is 0 Å². The quantitative estimate of drug-likeness (QED) is 0.677. The van der Waals surface area contributed by atoms with Crippen molar-refractivity contribution < 1.29 is 8.78 Å². The molecule has 2 bridgehead atoms. The van der Waals surface area contributed by atoms with Crippen molar-refractivity contribution in [1.82, 2.24) is 14.9 Å². The van der Waals surface area contributed by atoms with Gasteiger partial charge in [-0.2, -0.15) is 0 Å². The molecular weight excluding hydrogens is 264 g/mol. The van der Waals surface area contributed by atoms with E-state index in [1.165, 1.54) is 0 Å². The zero-order valence-corrected chi connectivity index (χ0v) is 12.4. The van der Waals surface area contributed by atoms with Gasteiger partial charge in [-0.05, 0) is 27.3 Å². The molecule has 2 saturated heterocycles. The molecule has 4 N–H and O–H groups in total. The number of halogens is 2. The second-order valence-corrected chi connectivity index (χ2v) is 7.48. The van der Waals surface area contributed by atoms with Crippen LogP contribution in [0, 0.1) is 5.92 Å². The molecular formula is C13H25F2N5. The average Bonchev–Trinajstić information content (AvgIpc) is 2.74. The molecule has 116 valence electrons. The predicted octanol–water partition coefficient (Wildman–Crippen LogP) is 0.228. The number of hydrogen-bond acceptors (Lipinski definition) is 5. The lowest BCUT2D eigenvalue weighted by Gasteiger charge is -2.54. The van der Waals surface area contributed by atoms with Crippen LogP contribution in [0.2, 0.25) is 0 Å². The van der Waals surface area contributed by atoms with Gasteiger partial charge in [0.25, 0.3) is 5.92 Å². The second kappa shape index (κ2) is 4.10. The summed E-state index contributed by atoms with van der Waals surface area (Å²) in [6.07, 6.45) is 0.275. The Balaban J connectivity index is 1.89. The molecule has 2 heterocycles. The van der Waals surface area contributed by atoms with Gasteiger partial charge in [0, 0.05) is 37.5 Å². The summed E-state index contributed by atoms with van der Waals surface area (Å²) >= 11 is 0. The first-order chi connectivity index (χ1) is 9.08. The zero-order valence-electron chi connectivity index (χ0n) is 12.4. The lowest BCUT2D eigenvalue weighted by molar-refractivity contribution is -0.120. The Hall–Kier alpha value is -0.340. The molecule has 2 aliphatic heterocycles. The number of nitrogens with two attached hydrogens (primary N) is 2. The third kappa shape index (κ3) is 1.84. The smallest absolute Gasteiger partial charge is 0.254 e. The Labute approximate surface area is 118 Å². The molecule has 1 aliphatic carbocycles. The number of hydrogen-bond donors (Lipinski definition) is 2. The summed E-state index contributed by atoms with van der Waals surface area (Å²) in [7, 11) is 2.02. The number of piperazine rings is 1. The monoisotopic (exact) mass is 289 g/mol. The van der Waals surface area contributed by atoms with E-state index in [0.29, 0.717) is 19.5 Å². The van der Waals surface area contributed by atoms with Gasteiger partial charge in [0.1, 0.15) is 0 Å². The molecule has 7 heteroatoms. The maximum atomic E-state index is 14.0. The van der Waals surface area contributed by atoms with Crippen LogP contribution in [0.3, 0.4) is 0 Å². The molecule has 0 amide bonds. The van der Waals surface area contributed by atoms with E-state index in [1.54, 1.807) is 10.0 Å². The topological polar surface area (TPSA) is 61.8 Å². The molecule has 0 aromatic rings. The van der Waals surface area contributed by atoms with E-state index in [0.717, 1.165) is 0 Å². The Morgan fingerprint density at radius 1 is 1.15 bits per heavy atom. The van der Waals surface area contributed by atoms with Crippen molar-refractivity contribution in [3.8, 4) is 0 Å². The van der Waals surface area contributed by atoms with Crippen molar-refractivity contribution in [2.75, 3.05) is 26.7 Å². The summed E-state index contributed by atoms with van der Waals surface area (Å²) in [5.41, 5.74) is -0.742. The van der Waals surface area contributed by atoms with E-state index in [4.69, 9.17) is 11.7 Å². The highest BCUT2D eigenvalue weighted by molar-refractivity contribution is 5.17. The summed E-state index contributed by atoms with van der Waals surface area (Å²) in [6.45, 7) is 5.81. The number of nitrogens with zero attached hydrogens (tertiary/aromatic N) is 3. The van der Waals surface area contributed by atoms with Crippen molar-refractivity contribution in [2.24, 2.45) is 17.6 Å². The van der Waals surface area contributed by atoms with Crippen molar-refractivity contribution >= 4 is 0 Å². The second-order valence-electron chi connectivity index (χ2n) is 7.48. The fraction of sp³-hybridized carbons (Fsp3) is 1.00. The predicted molar refractivity (Wildman–Crippen MR) is 72.7 cm³/mol. The molecule has 0 aromatic carbocycles. The molecule has 1 saturated carbocycles. The molecule has 3 atom stereocenters. The highest BCUT2D eigenvalue weighted by Crippen LogP contribution is 2.56. The Morgan fingerprint density at radius 3 is 2.35 bits per heavy atom. The highest BCUT2D eigenvalue weighted by Gasteiger charge is 2.67. The van der Waals surface area contributed by atoms with Crippen LogP contribution in [0.15, 0.2) is 0 Å². The van der Waals surface area contributed by atoms with E-state index in [-0.39, 0.29) is 24.5 Å². The molecule has 20 heavy (non-hydrogen) atoms. The van der Waals surface area contributed by atoms with Gasteiger partial charge in [0.05, 0.1) is 11.6 Å². The minimum atomic E-state index is -2.61. The van der Waals surface area contributed by atoms with Crippen LogP contribution in [0.5, 0.6) is 0 Å². The number of hydrazine groups is 2. The minimum absolute atomic E-state index is 0.0551. The third-order valence-corrected chi connectivity index (χ3v) is 5.80. The van der Waals surface area contributed by atoms with Crippen molar-refractivity contribution in [3.05, 3.63) is 0 Å². The first-order valence-electron chi connectivity index (χ1n) is 7.21. The van der Waals surface area contributed by atoms with Gasteiger partial charge in [0.2, 0.25) is 0 Å². The van der Waals surface area contributed by atoms with Gasteiger partial charge in [-0.1, -0.05) is 0 Å². The number of likely N-dealkylation sites (N-methyl/N-ethyl adjacent to an activating group) is 1. The van der Waals surface area contributed by atoms with Crippen LogP contribution < -0.4 is 11.7 Å². The lowest BCUT2D eigenvalue weighted by Crippen LogP contribution is -2.73. The summed E-state index contributed by atoms with van der Waals surface area (Å²) < 4.78 is 28.1. The highest BCUT2D eigenvalue weighted by atomic mass is 19.3. The van der Waals surface area contributed by atoms with E-state index in [9.17, 15) is 8.78 Å². The van der Waals surface area contributed by atoms with E-state index < -0.39 is 17.4 Å². The third-order valence-electron chi connectivity index (χ3n) is 5.80. The average molecular weight is 289 g/mol. The van der Waals surface area contributed by atoms with Crippen molar-refractivity contribution in [2.45, 2.75) is 49.7 Å². The van der Waals surface area contributed by atoms with Crippen LogP contribution in [-0.2, 0) is 0 Å². The van der Waals surface area contributed by atoms with Crippen LogP contribution in [0.1, 0.15) is 26.7 Å².